The van der Waals surface area contributed by atoms with Crippen LogP contribution < -0.4 is 0 Å². The molecule has 2 heterocycles. The Hall–Kier alpha value is -1.11. The average Bonchev–Trinajstić information content (AvgIpc) is 2.75. The zero-order chi connectivity index (χ0) is 14.8. The van der Waals surface area contributed by atoms with Gasteiger partial charge in [-0.1, -0.05) is 0 Å². The van der Waals surface area contributed by atoms with E-state index in [0.717, 1.165) is 5.75 Å². The number of carbonyl (C=O) groups is 1. The monoisotopic (exact) mass is 315 g/mol. The van der Waals surface area contributed by atoms with Crippen LogP contribution >= 0.6 is 21.6 Å². The number of ether oxygens (including phenoxy) is 1. The van der Waals surface area contributed by atoms with Crippen LogP contribution in [0.1, 0.15) is 10.5 Å². The third-order valence-electron chi connectivity index (χ3n) is 2.80. The van der Waals surface area contributed by atoms with Gasteiger partial charge < -0.3 is 9.30 Å². The van der Waals surface area contributed by atoms with Crippen LogP contribution in [0.15, 0.2) is 12.3 Å². The zero-order valence-electron chi connectivity index (χ0n) is 11.8. The van der Waals surface area contributed by atoms with E-state index >= 15 is 0 Å². The fourth-order valence-electron chi connectivity index (χ4n) is 1.73. The molecule has 5 nitrogen and oxygen atoms in total. The van der Waals surface area contributed by atoms with Crippen molar-refractivity contribution in [2.45, 2.75) is 6.73 Å². The molecule has 0 saturated carbocycles. The minimum Gasteiger partial charge on any atom is -0.360 e. The number of aldehydes is 1. The van der Waals surface area contributed by atoms with E-state index in [-0.39, 0.29) is 5.28 Å². The summed E-state index contributed by atoms with van der Waals surface area (Å²) in [5.74, 6) is 1.06. The highest BCUT2D eigenvalue weighted by Gasteiger charge is 2.10. The minimum atomic E-state index is -0.552. The minimum absolute atomic E-state index is 0.0682. The number of hydrogen-bond donors (Lipinski definition) is 0. The first-order valence-electron chi connectivity index (χ1n) is 6.12. The van der Waals surface area contributed by atoms with Gasteiger partial charge in [0.15, 0.2) is 6.29 Å². The largest absolute Gasteiger partial charge is 0.360 e. The Morgan fingerprint density at radius 1 is 1.40 bits per heavy atom. The second-order valence-corrected chi connectivity index (χ2v) is 10.3. The van der Waals surface area contributed by atoms with Gasteiger partial charge in [-0.05, 0) is 36.4 Å². The Morgan fingerprint density at radius 2 is 2.15 bits per heavy atom. The third-order valence-corrected chi connectivity index (χ3v) is 4.36. The highest BCUT2D eigenvalue weighted by atomic mass is 35.5. The molecule has 0 fully saturated rings. The molecule has 0 bridgehead atoms. The molecular weight excluding hydrogens is 298 g/mol. The lowest BCUT2D eigenvalue weighted by Crippen LogP contribution is -2.10. The van der Waals surface area contributed by atoms with Crippen molar-refractivity contribution in [3.05, 3.63) is 23.2 Å². The summed E-state index contributed by atoms with van der Waals surface area (Å²) in [7, 11) is -0.552. The maximum Gasteiger partial charge on any atom is 0.225 e. The molecule has 0 spiro atoms. The first-order chi connectivity index (χ1) is 9.40. The predicted molar refractivity (Wildman–Crippen MR) is 84.1 cm³/mol. The molecule has 0 amide bonds. The highest BCUT2D eigenvalue weighted by Crippen LogP contribution is 2.33. The zero-order valence-corrected chi connectivity index (χ0v) is 13.4. The molecule has 0 radical (unpaired) electrons. The number of aromatic nitrogens is 3. The van der Waals surface area contributed by atoms with Crippen molar-refractivity contribution in [1.29, 1.82) is 0 Å². The lowest BCUT2D eigenvalue weighted by molar-refractivity contribution is 0.0923. The van der Waals surface area contributed by atoms with Gasteiger partial charge in [0.25, 0.3) is 0 Å². The van der Waals surface area contributed by atoms with E-state index in [2.05, 4.69) is 28.7 Å². The normalized spacial score (nSPS) is 12.8. The molecule has 0 aliphatic carbocycles. The number of halogens is 1. The number of hydrogen-bond acceptors (Lipinski definition) is 4. The summed E-state index contributed by atoms with van der Waals surface area (Å²) in [6, 6.07) is 1.80. The molecule has 0 unspecified atom stereocenters. The van der Waals surface area contributed by atoms with Crippen LogP contribution in [0, 0.1) is 0 Å². The summed E-state index contributed by atoms with van der Waals surface area (Å²) in [6.45, 7) is 1.10. The summed E-state index contributed by atoms with van der Waals surface area (Å²) in [4.78, 5) is 19.0. The van der Waals surface area contributed by atoms with Crippen molar-refractivity contribution in [3.8, 4) is 0 Å². The van der Waals surface area contributed by atoms with Crippen LogP contribution in [-0.4, -0.2) is 51.9 Å². The second-order valence-electron chi connectivity index (χ2n) is 5.35. The molecule has 110 valence electrons. The number of nitrogens with zero attached hydrogens (tertiary/aromatic N) is 3. The molecule has 0 N–H and O–H groups in total. The third kappa shape index (κ3) is 3.71. The molecule has 0 saturated heterocycles. The van der Waals surface area contributed by atoms with Gasteiger partial charge in [0.1, 0.15) is 18.1 Å². The maximum absolute atomic E-state index is 11.0. The van der Waals surface area contributed by atoms with E-state index in [1.807, 2.05) is 10.8 Å². The van der Waals surface area contributed by atoms with Gasteiger partial charge in [-0.3, -0.25) is 4.79 Å². The Kier molecular flexibility index (Phi) is 4.67. The summed E-state index contributed by atoms with van der Waals surface area (Å²) in [6.07, 6.45) is 9.27. The van der Waals surface area contributed by atoms with Crippen LogP contribution in [0.2, 0.25) is 5.28 Å². The van der Waals surface area contributed by atoms with E-state index in [1.165, 1.54) is 0 Å². The van der Waals surface area contributed by atoms with Crippen LogP contribution in [0.4, 0.5) is 0 Å². The van der Waals surface area contributed by atoms with Crippen molar-refractivity contribution in [2.24, 2.45) is 0 Å². The number of carbonyl (C=O) groups excluding carboxylic acids is 1. The Bertz CT molecular complexity index is 622. The molecule has 2 rings (SSSR count). The summed E-state index contributed by atoms with van der Waals surface area (Å²) >= 11 is 5.82. The summed E-state index contributed by atoms with van der Waals surface area (Å²) in [5.41, 5.74) is 0.924. The lowest BCUT2D eigenvalue weighted by Gasteiger charge is -2.24. The Balaban J connectivity index is 2.11. The standard InChI is InChI=1S/C13H18ClN3O2S/c1-20(2,3)7-6-19-9-17-5-4-10-11(8-18)15-13(14)16-12(10)17/h4-5,8H,6-7,9H2,1-3H3. The van der Waals surface area contributed by atoms with Gasteiger partial charge in [0, 0.05) is 17.3 Å². The fraction of sp³-hybridized carbons (Fsp3) is 0.462. The van der Waals surface area contributed by atoms with Gasteiger partial charge in [0.2, 0.25) is 5.28 Å². The Morgan fingerprint density at radius 3 is 2.80 bits per heavy atom. The van der Waals surface area contributed by atoms with E-state index in [0.29, 0.717) is 36.4 Å². The smallest absolute Gasteiger partial charge is 0.225 e. The first-order valence-corrected chi connectivity index (χ1v) is 9.52. The molecule has 0 aliphatic rings. The molecule has 7 heteroatoms. The van der Waals surface area contributed by atoms with Gasteiger partial charge in [-0.15, -0.1) is 0 Å². The average molecular weight is 316 g/mol. The second kappa shape index (κ2) is 6.11. The SMILES string of the molecule is CS(C)(C)CCOCn1ccc2c(C=O)nc(Cl)nc21. The summed E-state index contributed by atoms with van der Waals surface area (Å²) in [5, 5.41) is 0.758. The molecule has 2 aromatic heterocycles. The molecular formula is C13H18ClN3O2S. The van der Waals surface area contributed by atoms with Gasteiger partial charge in [-0.2, -0.15) is 4.98 Å². The van der Waals surface area contributed by atoms with Crippen molar-refractivity contribution >= 4 is 38.9 Å². The van der Waals surface area contributed by atoms with Crippen LogP contribution in [-0.2, 0) is 11.5 Å². The molecule has 0 aliphatic heterocycles. The van der Waals surface area contributed by atoms with E-state index < -0.39 is 10.0 Å². The Labute approximate surface area is 124 Å². The van der Waals surface area contributed by atoms with Gasteiger partial charge in [0.05, 0.1) is 6.61 Å². The molecule has 0 atom stereocenters. The summed E-state index contributed by atoms with van der Waals surface area (Å²) < 4.78 is 7.49. The number of fused-ring (bicyclic) bond motifs is 1. The van der Waals surface area contributed by atoms with Crippen molar-refractivity contribution in [1.82, 2.24) is 14.5 Å². The van der Waals surface area contributed by atoms with Crippen molar-refractivity contribution < 1.29 is 9.53 Å². The topological polar surface area (TPSA) is 57.0 Å². The lowest BCUT2D eigenvalue weighted by atomic mass is 10.3. The quantitative estimate of drug-likeness (QED) is 0.467. The van der Waals surface area contributed by atoms with Gasteiger partial charge >= 0.3 is 0 Å². The van der Waals surface area contributed by atoms with Crippen LogP contribution in [0.25, 0.3) is 11.0 Å². The van der Waals surface area contributed by atoms with Gasteiger partial charge in [-0.25, -0.2) is 15.0 Å². The van der Waals surface area contributed by atoms with Crippen LogP contribution in [0.5, 0.6) is 0 Å². The molecule has 0 aromatic carbocycles. The highest BCUT2D eigenvalue weighted by molar-refractivity contribution is 8.32. The van der Waals surface area contributed by atoms with E-state index in [4.69, 9.17) is 16.3 Å². The van der Waals surface area contributed by atoms with Crippen molar-refractivity contribution in [3.63, 3.8) is 0 Å². The number of rotatable bonds is 6. The predicted octanol–water partition coefficient (Wildman–Crippen LogP) is 2.57. The fourth-order valence-corrected chi connectivity index (χ4v) is 2.52. The van der Waals surface area contributed by atoms with E-state index in [9.17, 15) is 4.79 Å². The molecule has 20 heavy (non-hydrogen) atoms. The maximum atomic E-state index is 11.0. The van der Waals surface area contributed by atoms with E-state index in [1.54, 1.807) is 6.07 Å². The van der Waals surface area contributed by atoms with Crippen LogP contribution in [0.3, 0.4) is 0 Å². The molecule has 2 aromatic rings. The van der Waals surface area contributed by atoms with Crippen molar-refractivity contribution in [2.75, 3.05) is 31.1 Å². The first kappa shape index (κ1) is 15.3.